The maximum Gasteiger partial charge on any atom is 0.242 e. The molecule has 1 aromatic carbocycles. The average Bonchev–Trinajstić information content (AvgIpc) is 2.24. The van der Waals surface area contributed by atoms with Crippen molar-refractivity contribution in [2.45, 2.75) is 29.7 Å². The summed E-state index contributed by atoms with van der Waals surface area (Å²) in [5.41, 5.74) is 6.13. The molecular weight excluding hydrogens is 422 g/mol. The molecule has 0 heterocycles. The molecule has 21 heavy (non-hydrogen) atoms. The molecule has 8 heteroatoms. The predicted octanol–water partition coefficient (Wildman–Crippen LogP) is 2.56. The smallest absolute Gasteiger partial charge is 0.242 e. The Hall–Kier alpha value is -0.150. The van der Waals surface area contributed by atoms with E-state index in [2.05, 4.69) is 41.5 Å². The predicted molar refractivity (Wildman–Crippen MR) is 91.7 cm³/mol. The van der Waals surface area contributed by atoms with Gasteiger partial charge in [-0.1, -0.05) is 0 Å². The zero-order chi connectivity index (χ0) is 15.8. The van der Waals surface area contributed by atoms with Crippen LogP contribution in [0.4, 0.5) is 5.69 Å². The van der Waals surface area contributed by atoms with E-state index in [-0.39, 0.29) is 10.4 Å². The summed E-state index contributed by atoms with van der Waals surface area (Å²) < 4.78 is 28.8. The van der Waals surface area contributed by atoms with Crippen LogP contribution in [0.1, 0.15) is 19.3 Å². The minimum absolute atomic E-state index is 0.0696. The minimum Gasteiger partial charge on any atom is -0.399 e. The third-order valence-electron chi connectivity index (χ3n) is 4.11. The fraction of sp³-hybridized carbons (Fsp3) is 0.538. The van der Waals surface area contributed by atoms with Crippen LogP contribution in [0.2, 0.25) is 0 Å². The van der Waals surface area contributed by atoms with Gasteiger partial charge in [0.25, 0.3) is 0 Å². The Morgan fingerprint density at radius 2 is 1.81 bits per heavy atom. The number of rotatable bonds is 5. The number of likely N-dealkylation sites (N-methyl/N-ethyl adjacent to an activating group) is 1. The molecule has 0 spiro atoms. The summed E-state index contributed by atoms with van der Waals surface area (Å²) in [7, 11) is 0.370. The molecular formula is C13H19Br2N3O2S. The van der Waals surface area contributed by atoms with Gasteiger partial charge >= 0.3 is 0 Å². The fourth-order valence-electron chi connectivity index (χ4n) is 2.50. The second-order valence-electron chi connectivity index (χ2n) is 5.61. The molecule has 1 aromatic rings. The summed E-state index contributed by atoms with van der Waals surface area (Å²) in [6.07, 6.45) is 3.15. The summed E-state index contributed by atoms with van der Waals surface area (Å²) >= 11 is 6.55. The third kappa shape index (κ3) is 3.44. The highest BCUT2D eigenvalue weighted by molar-refractivity contribution is 9.11. The van der Waals surface area contributed by atoms with Crippen LogP contribution in [-0.2, 0) is 10.0 Å². The van der Waals surface area contributed by atoms with Gasteiger partial charge in [0.2, 0.25) is 10.0 Å². The van der Waals surface area contributed by atoms with Crippen molar-refractivity contribution in [2.24, 2.45) is 0 Å². The Labute approximate surface area is 142 Å². The Balaban J connectivity index is 2.24. The fourth-order valence-corrected chi connectivity index (χ4v) is 6.24. The van der Waals surface area contributed by atoms with E-state index in [0.29, 0.717) is 21.2 Å². The van der Waals surface area contributed by atoms with Gasteiger partial charge in [0.1, 0.15) is 4.90 Å². The number of hydrogen-bond acceptors (Lipinski definition) is 4. The monoisotopic (exact) mass is 439 g/mol. The highest BCUT2D eigenvalue weighted by atomic mass is 79.9. The molecule has 0 atom stereocenters. The first-order chi connectivity index (χ1) is 9.68. The SMILES string of the molecule is CN(C)C1(CNS(=O)(=O)c2c(Br)cc(N)cc2Br)CCC1. The highest BCUT2D eigenvalue weighted by Gasteiger charge is 2.40. The molecule has 0 bridgehead atoms. The first-order valence-electron chi connectivity index (χ1n) is 6.60. The van der Waals surface area contributed by atoms with Crippen molar-refractivity contribution in [3.05, 3.63) is 21.1 Å². The van der Waals surface area contributed by atoms with Crippen molar-refractivity contribution in [3.8, 4) is 0 Å². The van der Waals surface area contributed by atoms with Crippen molar-refractivity contribution >= 4 is 47.6 Å². The lowest BCUT2D eigenvalue weighted by Crippen LogP contribution is -2.57. The Kier molecular flexibility index (Phi) is 5.04. The van der Waals surface area contributed by atoms with Gasteiger partial charge in [-0.25, -0.2) is 13.1 Å². The summed E-state index contributed by atoms with van der Waals surface area (Å²) in [6, 6.07) is 3.18. The number of sulfonamides is 1. The molecule has 2 rings (SSSR count). The number of nitrogens with one attached hydrogen (secondary N) is 1. The molecule has 5 nitrogen and oxygen atoms in total. The van der Waals surface area contributed by atoms with E-state index in [1.54, 1.807) is 12.1 Å². The second kappa shape index (κ2) is 6.16. The summed E-state index contributed by atoms with van der Waals surface area (Å²) in [5.74, 6) is 0. The van der Waals surface area contributed by atoms with Crippen molar-refractivity contribution in [2.75, 3.05) is 26.4 Å². The number of halogens is 2. The highest BCUT2D eigenvalue weighted by Crippen LogP contribution is 2.37. The quantitative estimate of drug-likeness (QED) is 0.690. The molecule has 118 valence electrons. The lowest BCUT2D eigenvalue weighted by atomic mass is 9.76. The largest absolute Gasteiger partial charge is 0.399 e. The number of nitrogens with two attached hydrogens (primary N) is 1. The molecule has 1 aliphatic carbocycles. The maximum absolute atomic E-state index is 12.6. The van der Waals surface area contributed by atoms with Gasteiger partial charge in [0, 0.05) is 26.7 Å². The molecule has 0 saturated heterocycles. The molecule has 0 amide bonds. The molecule has 1 fully saturated rings. The molecule has 0 radical (unpaired) electrons. The van der Waals surface area contributed by atoms with E-state index in [1.807, 2.05) is 14.1 Å². The van der Waals surface area contributed by atoms with Gasteiger partial charge in [-0.05, 0) is 77.4 Å². The number of hydrogen-bond donors (Lipinski definition) is 2. The lowest BCUT2D eigenvalue weighted by molar-refractivity contribution is 0.0656. The standard InChI is InChI=1S/C13H19Br2N3O2S/c1-18(2)13(4-3-5-13)8-17-21(19,20)12-10(14)6-9(16)7-11(12)15/h6-7,17H,3-5,8,16H2,1-2H3. The lowest BCUT2D eigenvalue weighted by Gasteiger charge is -2.47. The van der Waals surface area contributed by atoms with Crippen molar-refractivity contribution in [1.29, 1.82) is 0 Å². The number of benzene rings is 1. The minimum atomic E-state index is -3.61. The van der Waals surface area contributed by atoms with E-state index in [0.717, 1.165) is 19.3 Å². The van der Waals surface area contributed by atoms with E-state index >= 15 is 0 Å². The van der Waals surface area contributed by atoms with Crippen LogP contribution in [0.15, 0.2) is 26.0 Å². The van der Waals surface area contributed by atoms with Gasteiger partial charge in [0.05, 0.1) is 0 Å². The maximum atomic E-state index is 12.6. The number of nitrogens with zero attached hydrogens (tertiary/aromatic N) is 1. The normalized spacial score (nSPS) is 17.8. The van der Waals surface area contributed by atoms with Gasteiger partial charge < -0.3 is 10.6 Å². The van der Waals surface area contributed by atoms with E-state index in [4.69, 9.17) is 5.73 Å². The number of anilines is 1. The van der Waals surface area contributed by atoms with Crippen LogP contribution in [0.3, 0.4) is 0 Å². The van der Waals surface area contributed by atoms with E-state index < -0.39 is 10.0 Å². The summed E-state index contributed by atoms with van der Waals surface area (Å²) in [4.78, 5) is 2.29. The van der Waals surface area contributed by atoms with Crippen LogP contribution in [0, 0.1) is 0 Å². The average molecular weight is 441 g/mol. The van der Waals surface area contributed by atoms with Crippen LogP contribution in [0.5, 0.6) is 0 Å². The van der Waals surface area contributed by atoms with Gasteiger partial charge in [-0.3, -0.25) is 0 Å². The van der Waals surface area contributed by atoms with Crippen molar-refractivity contribution in [3.63, 3.8) is 0 Å². The first-order valence-corrected chi connectivity index (χ1v) is 9.66. The van der Waals surface area contributed by atoms with Crippen LogP contribution < -0.4 is 10.5 Å². The molecule has 0 aliphatic heterocycles. The van der Waals surface area contributed by atoms with Crippen molar-refractivity contribution < 1.29 is 8.42 Å². The molecule has 3 N–H and O–H groups in total. The summed E-state index contributed by atoms with van der Waals surface area (Å²) in [5, 5.41) is 0. The summed E-state index contributed by atoms with van der Waals surface area (Å²) in [6.45, 7) is 0.408. The zero-order valence-corrected chi connectivity index (χ0v) is 16.0. The zero-order valence-electron chi connectivity index (χ0n) is 12.0. The molecule has 0 unspecified atom stereocenters. The second-order valence-corrected chi connectivity index (χ2v) is 9.02. The van der Waals surface area contributed by atoms with Gasteiger partial charge in [0.15, 0.2) is 0 Å². The van der Waals surface area contributed by atoms with Crippen LogP contribution >= 0.6 is 31.9 Å². The Morgan fingerprint density at radius 1 is 1.29 bits per heavy atom. The van der Waals surface area contributed by atoms with Crippen molar-refractivity contribution in [1.82, 2.24) is 9.62 Å². The third-order valence-corrected chi connectivity index (χ3v) is 7.39. The molecule has 0 aromatic heterocycles. The van der Waals surface area contributed by atoms with E-state index in [9.17, 15) is 8.42 Å². The van der Waals surface area contributed by atoms with Crippen LogP contribution in [0.25, 0.3) is 0 Å². The topological polar surface area (TPSA) is 75.4 Å². The van der Waals surface area contributed by atoms with Crippen LogP contribution in [-0.4, -0.2) is 39.5 Å². The molecule has 1 saturated carbocycles. The molecule has 1 aliphatic rings. The Bertz CT molecular complexity index is 620. The van der Waals surface area contributed by atoms with Gasteiger partial charge in [-0.2, -0.15) is 0 Å². The van der Waals surface area contributed by atoms with E-state index in [1.165, 1.54) is 0 Å². The Morgan fingerprint density at radius 3 is 2.19 bits per heavy atom. The first kappa shape index (κ1) is 17.2. The van der Waals surface area contributed by atoms with Gasteiger partial charge in [-0.15, -0.1) is 0 Å². The number of nitrogen functional groups attached to an aromatic ring is 1.